The lowest BCUT2D eigenvalue weighted by Crippen LogP contribution is -2.28. The molecule has 3 aliphatic rings. The highest BCUT2D eigenvalue weighted by Crippen LogP contribution is 2.52. The average Bonchev–Trinajstić information content (AvgIpc) is 3.45. The number of imide groups is 1. The van der Waals surface area contributed by atoms with E-state index < -0.39 is 0 Å². The molecule has 1 aliphatic heterocycles. The summed E-state index contributed by atoms with van der Waals surface area (Å²) in [4.78, 5) is 25.4. The third-order valence-corrected chi connectivity index (χ3v) is 6.24. The number of hydrazone groups is 1. The van der Waals surface area contributed by atoms with Crippen LogP contribution in [-0.4, -0.2) is 30.1 Å². The van der Waals surface area contributed by atoms with Gasteiger partial charge >= 0.3 is 0 Å². The molecule has 2 amide bonds. The third kappa shape index (κ3) is 3.40. The molecule has 0 spiro atoms. The summed E-state index contributed by atoms with van der Waals surface area (Å²) in [6.45, 7) is 0.192. The van der Waals surface area contributed by atoms with Crippen molar-refractivity contribution >= 4 is 18.0 Å². The lowest BCUT2D eigenvalue weighted by molar-refractivity contribution is -0.140. The molecule has 2 bridgehead atoms. The third-order valence-electron chi connectivity index (χ3n) is 6.24. The molecule has 2 aliphatic carbocycles. The van der Waals surface area contributed by atoms with Gasteiger partial charge in [-0.3, -0.25) is 9.59 Å². The molecule has 1 saturated heterocycles. The number of methoxy groups -OCH3 is 1. The van der Waals surface area contributed by atoms with Crippen LogP contribution in [0.4, 0.5) is 4.39 Å². The Bertz CT molecular complexity index is 1080. The van der Waals surface area contributed by atoms with Crippen LogP contribution in [0.15, 0.2) is 59.7 Å². The topological polar surface area (TPSA) is 68.2 Å². The lowest BCUT2D eigenvalue weighted by atomic mass is 9.85. The van der Waals surface area contributed by atoms with Gasteiger partial charge in [-0.1, -0.05) is 24.3 Å². The SMILES string of the molecule is COc1cc(C=NN2C(=O)C3C4C=CC(C4)C3C2=O)ccc1OCc1cccc(F)c1. The fourth-order valence-electron chi connectivity index (χ4n) is 4.80. The van der Waals surface area contributed by atoms with Crippen LogP contribution in [0, 0.1) is 29.5 Å². The van der Waals surface area contributed by atoms with Crippen molar-refractivity contribution in [3.63, 3.8) is 0 Å². The van der Waals surface area contributed by atoms with Crippen molar-refractivity contribution in [3.05, 3.63) is 71.6 Å². The highest BCUT2D eigenvalue weighted by molar-refractivity contribution is 6.06. The number of amides is 2. The zero-order valence-corrected chi connectivity index (χ0v) is 16.9. The van der Waals surface area contributed by atoms with Crippen molar-refractivity contribution in [2.75, 3.05) is 7.11 Å². The molecule has 2 aromatic rings. The zero-order chi connectivity index (χ0) is 21.5. The monoisotopic (exact) mass is 420 g/mol. The minimum atomic E-state index is -0.321. The van der Waals surface area contributed by atoms with Crippen molar-refractivity contribution in [3.8, 4) is 11.5 Å². The number of halogens is 1. The van der Waals surface area contributed by atoms with Crippen molar-refractivity contribution < 1.29 is 23.5 Å². The molecular formula is C24H21FN2O4. The summed E-state index contributed by atoms with van der Waals surface area (Å²) < 4.78 is 24.5. The zero-order valence-electron chi connectivity index (χ0n) is 16.9. The molecule has 5 rings (SSSR count). The molecule has 2 aromatic carbocycles. The van der Waals surface area contributed by atoms with Gasteiger partial charge in [-0.2, -0.15) is 10.1 Å². The van der Waals surface area contributed by atoms with Crippen LogP contribution in [0.25, 0.3) is 0 Å². The largest absolute Gasteiger partial charge is 0.493 e. The van der Waals surface area contributed by atoms with E-state index >= 15 is 0 Å². The van der Waals surface area contributed by atoms with E-state index in [1.807, 2.05) is 0 Å². The minimum absolute atomic E-state index is 0.154. The van der Waals surface area contributed by atoms with E-state index in [2.05, 4.69) is 17.3 Å². The maximum atomic E-state index is 13.3. The van der Waals surface area contributed by atoms with Gasteiger partial charge < -0.3 is 9.47 Å². The maximum Gasteiger partial charge on any atom is 0.254 e. The van der Waals surface area contributed by atoms with Gasteiger partial charge in [0.15, 0.2) is 11.5 Å². The molecular weight excluding hydrogens is 399 g/mol. The van der Waals surface area contributed by atoms with Crippen molar-refractivity contribution in [1.82, 2.24) is 5.01 Å². The van der Waals surface area contributed by atoms with Gasteiger partial charge in [0.1, 0.15) is 12.4 Å². The molecule has 4 unspecified atom stereocenters. The maximum absolute atomic E-state index is 13.3. The van der Waals surface area contributed by atoms with Crippen molar-refractivity contribution in [1.29, 1.82) is 0 Å². The molecule has 0 radical (unpaired) electrons. The van der Waals surface area contributed by atoms with Crippen LogP contribution < -0.4 is 9.47 Å². The summed E-state index contributed by atoms with van der Waals surface area (Å²) in [5.41, 5.74) is 1.36. The van der Waals surface area contributed by atoms with Crippen LogP contribution >= 0.6 is 0 Å². The molecule has 6 nitrogen and oxygen atoms in total. The van der Waals surface area contributed by atoms with Gasteiger partial charge in [0.2, 0.25) is 0 Å². The summed E-state index contributed by atoms with van der Waals surface area (Å²) in [7, 11) is 1.52. The number of fused-ring (bicyclic) bond motifs is 5. The number of benzene rings is 2. The Labute approximate surface area is 179 Å². The summed E-state index contributed by atoms with van der Waals surface area (Å²) in [6, 6.07) is 11.4. The molecule has 7 heteroatoms. The molecule has 0 aromatic heterocycles. The molecule has 31 heavy (non-hydrogen) atoms. The first-order valence-corrected chi connectivity index (χ1v) is 10.2. The fraction of sp³-hybridized carbons (Fsp3) is 0.292. The average molecular weight is 420 g/mol. The van der Waals surface area contributed by atoms with Crippen LogP contribution in [0.2, 0.25) is 0 Å². The van der Waals surface area contributed by atoms with Crippen LogP contribution in [0.5, 0.6) is 11.5 Å². The number of rotatable bonds is 6. The van der Waals surface area contributed by atoms with Gasteiger partial charge in [0, 0.05) is 0 Å². The first-order chi connectivity index (χ1) is 15.0. The summed E-state index contributed by atoms with van der Waals surface area (Å²) in [5, 5.41) is 5.20. The van der Waals surface area contributed by atoms with Gasteiger partial charge in [-0.25, -0.2) is 4.39 Å². The summed E-state index contributed by atoms with van der Waals surface area (Å²) >= 11 is 0. The second-order valence-electron chi connectivity index (χ2n) is 8.06. The number of carbonyl (C=O) groups is 2. The fourth-order valence-corrected chi connectivity index (χ4v) is 4.80. The van der Waals surface area contributed by atoms with E-state index in [4.69, 9.17) is 9.47 Å². The second kappa shape index (κ2) is 7.65. The first-order valence-electron chi connectivity index (χ1n) is 10.2. The van der Waals surface area contributed by atoms with E-state index in [1.54, 1.807) is 30.3 Å². The van der Waals surface area contributed by atoms with E-state index in [-0.39, 0.29) is 47.9 Å². The van der Waals surface area contributed by atoms with E-state index in [9.17, 15) is 14.0 Å². The molecule has 1 heterocycles. The van der Waals surface area contributed by atoms with Gasteiger partial charge in [0.25, 0.3) is 11.8 Å². The number of allylic oxidation sites excluding steroid dienone is 2. The molecule has 0 N–H and O–H groups in total. The van der Waals surface area contributed by atoms with Crippen LogP contribution in [0.1, 0.15) is 17.5 Å². The molecule has 1 saturated carbocycles. The van der Waals surface area contributed by atoms with Crippen molar-refractivity contribution in [2.45, 2.75) is 13.0 Å². The number of nitrogens with zero attached hydrogens (tertiary/aromatic N) is 2. The standard InChI is InChI=1S/C24H21FN2O4/c1-30-20-10-14(5-8-19(20)31-13-15-3-2-4-18(25)9-15)12-26-27-23(28)21-16-6-7-17(11-16)22(21)24(27)29/h2-10,12,16-17,21-22H,11,13H2,1H3. The van der Waals surface area contributed by atoms with Crippen molar-refractivity contribution in [2.24, 2.45) is 28.8 Å². The summed E-state index contributed by atoms with van der Waals surface area (Å²) in [6.07, 6.45) is 6.47. The second-order valence-corrected chi connectivity index (χ2v) is 8.06. The number of carbonyl (C=O) groups excluding carboxylic acids is 2. The van der Waals surface area contributed by atoms with Gasteiger partial charge in [-0.05, 0) is 59.7 Å². The van der Waals surface area contributed by atoms with Gasteiger partial charge in [0.05, 0.1) is 25.2 Å². The Morgan fingerprint density at radius 3 is 2.48 bits per heavy atom. The lowest BCUT2D eigenvalue weighted by Gasteiger charge is -2.13. The van der Waals surface area contributed by atoms with E-state index in [1.165, 1.54) is 25.5 Å². The Morgan fingerprint density at radius 2 is 1.81 bits per heavy atom. The Kier molecular flexibility index (Phi) is 4.81. The number of ether oxygens (including phenoxy) is 2. The normalized spacial score (nSPS) is 26.2. The predicted octanol–water partition coefficient (Wildman–Crippen LogP) is 3.55. The van der Waals surface area contributed by atoms with E-state index in [0.29, 0.717) is 22.6 Å². The first kappa shape index (κ1) is 19.5. The number of hydrogen-bond donors (Lipinski definition) is 0. The quantitative estimate of drug-likeness (QED) is 0.407. The Morgan fingerprint density at radius 1 is 1.06 bits per heavy atom. The van der Waals surface area contributed by atoms with Crippen LogP contribution in [-0.2, 0) is 16.2 Å². The molecule has 2 fully saturated rings. The predicted molar refractivity (Wildman–Crippen MR) is 111 cm³/mol. The van der Waals surface area contributed by atoms with Crippen LogP contribution in [0.3, 0.4) is 0 Å². The summed E-state index contributed by atoms with van der Waals surface area (Å²) in [5.74, 6) is -0.0233. The molecule has 158 valence electrons. The smallest absolute Gasteiger partial charge is 0.254 e. The van der Waals surface area contributed by atoms with Gasteiger partial charge in [-0.15, -0.1) is 0 Å². The Hall–Kier alpha value is -3.48. The number of hydrogen-bond acceptors (Lipinski definition) is 5. The molecule has 4 atom stereocenters. The highest BCUT2D eigenvalue weighted by atomic mass is 19.1. The highest BCUT2D eigenvalue weighted by Gasteiger charge is 2.59. The Balaban J connectivity index is 1.29. The van der Waals surface area contributed by atoms with E-state index in [0.717, 1.165) is 11.4 Å². The minimum Gasteiger partial charge on any atom is -0.493 e.